The molecule has 0 amide bonds. The van der Waals surface area contributed by atoms with Gasteiger partial charge in [0.25, 0.3) is 0 Å². The second-order valence-electron chi connectivity index (χ2n) is 3.52. The highest BCUT2D eigenvalue weighted by Crippen LogP contribution is 2.12. The molecule has 0 heterocycles. The number of hydrogen-bond acceptors (Lipinski definition) is 1. The van der Waals surface area contributed by atoms with Crippen LogP contribution in [0.3, 0.4) is 0 Å². The molecule has 1 atom stereocenters. The fraction of sp³-hybridized carbons (Fsp3) is 1.00. The molecule has 0 rings (SSSR count). The van der Waals surface area contributed by atoms with Crippen LogP contribution in [0.4, 0.5) is 0 Å². The lowest BCUT2D eigenvalue weighted by Crippen LogP contribution is -2.18. The Morgan fingerprint density at radius 1 is 1.50 bits per heavy atom. The molecule has 1 N–H and O–H groups in total. The molecule has 0 aromatic rings. The van der Waals surface area contributed by atoms with Crippen LogP contribution in [0.15, 0.2) is 0 Å². The van der Waals surface area contributed by atoms with Crippen LogP contribution in [-0.2, 0) is 5.11 Å². The summed E-state index contributed by atoms with van der Waals surface area (Å²) in [6.45, 7) is 5.19. The molecule has 1 unspecified atom stereocenters. The van der Waals surface area contributed by atoms with Gasteiger partial charge in [0, 0.05) is 0 Å². The summed E-state index contributed by atoms with van der Waals surface area (Å²) in [7, 11) is 0. The first kappa shape index (κ1) is 9.92. The normalized spacial score (nSPS) is 15.3. The summed E-state index contributed by atoms with van der Waals surface area (Å²) in [5, 5.41) is 19.8. The van der Waals surface area contributed by atoms with E-state index in [-0.39, 0.29) is 0 Å². The Morgan fingerprint density at radius 2 is 2.00 bits per heavy atom. The molecule has 0 aromatic heterocycles. The summed E-state index contributed by atoms with van der Waals surface area (Å²) in [5.41, 5.74) is -0.602. The SMILES string of the molecule is CC([O])CCCC(C)(C)O. The van der Waals surface area contributed by atoms with E-state index in [0.29, 0.717) is 6.42 Å². The summed E-state index contributed by atoms with van der Waals surface area (Å²) < 4.78 is 0. The molecule has 0 saturated carbocycles. The van der Waals surface area contributed by atoms with Gasteiger partial charge in [-0.3, -0.25) is 0 Å². The first-order chi connectivity index (χ1) is 4.42. The summed E-state index contributed by atoms with van der Waals surface area (Å²) in [5.74, 6) is 0. The van der Waals surface area contributed by atoms with Crippen LogP contribution in [-0.4, -0.2) is 16.8 Å². The molecule has 1 radical (unpaired) electrons. The van der Waals surface area contributed by atoms with E-state index in [0.717, 1.165) is 12.8 Å². The van der Waals surface area contributed by atoms with Gasteiger partial charge >= 0.3 is 0 Å². The molecule has 0 bridgehead atoms. The van der Waals surface area contributed by atoms with Gasteiger partial charge in [-0.1, -0.05) is 0 Å². The Morgan fingerprint density at radius 3 is 2.30 bits per heavy atom. The zero-order valence-electron chi connectivity index (χ0n) is 7.05. The van der Waals surface area contributed by atoms with Gasteiger partial charge in [0.15, 0.2) is 0 Å². The van der Waals surface area contributed by atoms with Crippen LogP contribution < -0.4 is 0 Å². The molecule has 0 saturated heterocycles. The van der Waals surface area contributed by atoms with Crippen molar-refractivity contribution < 1.29 is 10.2 Å². The first-order valence-electron chi connectivity index (χ1n) is 3.80. The quantitative estimate of drug-likeness (QED) is 0.643. The van der Waals surface area contributed by atoms with E-state index in [2.05, 4.69) is 0 Å². The summed E-state index contributed by atoms with van der Waals surface area (Å²) in [6, 6.07) is 0. The van der Waals surface area contributed by atoms with Crippen LogP contribution in [0.25, 0.3) is 0 Å². The number of hydrogen-bond donors (Lipinski definition) is 1. The van der Waals surface area contributed by atoms with Crippen molar-refractivity contribution in [2.24, 2.45) is 0 Å². The highest BCUT2D eigenvalue weighted by molar-refractivity contribution is 4.64. The van der Waals surface area contributed by atoms with Gasteiger partial charge in [0.1, 0.15) is 0 Å². The maximum atomic E-state index is 10.5. The van der Waals surface area contributed by atoms with Gasteiger partial charge in [-0.05, 0) is 40.0 Å². The topological polar surface area (TPSA) is 40.1 Å². The van der Waals surface area contributed by atoms with Crippen molar-refractivity contribution in [3.8, 4) is 0 Å². The molecule has 0 spiro atoms. The maximum Gasteiger partial charge on any atom is 0.0902 e. The minimum atomic E-state index is -0.602. The molecule has 0 aliphatic carbocycles. The third-order valence-electron chi connectivity index (χ3n) is 1.40. The van der Waals surface area contributed by atoms with E-state index in [4.69, 9.17) is 0 Å². The van der Waals surface area contributed by atoms with Crippen molar-refractivity contribution in [2.75, 3.05) is 0 Å². The summed E-state index contributed by atoms with van der Waals surface area (Å²) in [4.78, 5) is 0. The predicted octanol–water partition coefficient (Wildman–Crippen LogP) is 1.75. The van der Waals surface area contributed by atoms with Crippen LogP contribution in [0.2, 0.25) is 0 Å². The molecule has 0 aromatic carbocycles. The lowest BCUT2D eigenvalue weighted by Gasteiger charge is -2.16. The van der Waals surface area contributed by atoms with E-state index >= 15 is 0 Å². The number of rotatable bonds is 4. The van der Waals surface area contributed by atoms with Crippen LogP contribution >= 0.6 is 0 Å². The van der Waals surface area contributed by atoms with Gasteiger partial charge < -0.3 is 5.11 Å². The minimum Gasteiger partial charge on any atom is -0.390 e. The summed E-state index contributed by atoms with van der Waals surface area (Å²) in [6.07, 6.45) is 1.74. The lowest BCUT2D eigenvalue weighted by atomic mass is 10.0. The van der Waals surface area contributed by atoms with Crippen LogP contribution in [0.5, 0.6) is 0 Å². The fourth-order valence-electron chi connectivity index (χ4n) is 0.822. The van der Waals surface area contributed by atoms with Gasteiger partial charge in [0.2, 0.25) is 0 Å². The van der Waals surface area contributed by atoms with Crippen molar-refractivity contribution in [1.82, 2.24) is 0 Å². The standard InChI is InChI=1S/C8H17O2/c1-7(9)5-4-6-8(2,3)10/h7,10H,4-6H2,1-3H3. The third kappa shape index (κ3) is 7.92. The van der Waals surface area contributed by atoms with Crippen molar-refractivity contribution in [3.63, 3.8) is 0 Å². The zero-order valence-corrected chi connectivity index (χ0v) is 7.05. The molecular formula is C8H17O2. The Bertz CT molecular complexity index is 81.7. The van der Waals surface area contributed by atoms with E-state index in [1.807, 2.05) is 0 Å². The Labute approximate surface area is 62.9 Å². The second kappa shape index (κ2) is 3.94. The third-order valence-corrected chi connectivity index (χ3v) is 1.40. The molecule has 61 valence electrons. The monoisotopic (exact) mass is 145 g/mol. The van der Waals surface area contributed by atoms with E-state index in [1.165, 1.54) is 0 Å². The highest BCUT2D eigenvalue weighted by Gasteiger charge is 2.11. The maximum absolute atomic E-state index is 10.5. The molecule has 10 heavy (non-hydrogen) atoms. The van der Waals surface area contributed by atoms with Crippen molar-refractivity contribution in [3.05, 3.63) is 0 Å². The Hall–Kier alpha value is -0.0800. The largest absolute Gasteiger partial charge is 0.390 e. The molecular weight excluding hydrogens is 128 g/mol. The minimum absolute atomic E-state index is 0.484. The van der Waals surface area contributed by atoms with E-state index in [1.54, 1.807) is 20.8 Å². The zero-order chi connectivity index (χ0) is 8.20. The molecule has 2 heteroatoms. The molecule has 0 aliphatic heterocycles. The smallest absolute Gasteiger partial charge is 0.0902 e. The van der Waals surface area contributed by atoms with Gasteiger partial charge in [0.05, 0.1) is 11.7 Å². The molecule has 0 aliphatic rings. The molecule has 0 fully saturated rings. The average molecular weight is 145 g/mol. The van der Waals surface area contributed by atoms with Gasteiger partial charge in [-0.15, -0.1) is 0 Å². The van der Waals surface area contributed by atoms with Crippen molar-refractivity contribution in [1.29, 1.82) is 0 Å². The van der Waals surface area contributed by atoms with Crippen molar-refractivity contribution >= 4 is 0 Å². The van der Waals surface area contributed by atoms with Crippen LogP contribution in [0.1, 0.15) is 40.0 Å². The van der Waals surface area contributed by atoms with E-state index in [9.17, 15) is 10.2 Å². The highest BCUT2D eigenvalue weighted by atomic mass is 16.3. The Balaban J connectivity index is 3.21. The van der Waals surface area contributed by atoms with Crippen LogP contribution in [0, 0.1) is 0 Å². The average Bonchev–Trinajstić information content (AvgIpc) is 1.59. The van der Waals surface area contributed by atoms with Crippen molar-refractivity contribution in [2.45, 2.75) is 51.7 Å². The fourth-order valence-corrected chi connectivity index (χ4v) is 0.822. The Kier molecular flexibility index (Phi) is 3.91. The van der Waals surface area contributed by atoms with Gasteiger partial charge in [-0.25, -0.2) is 5.11 Å². The first-order valence-corrected chi connectivity index (χ1v) is 3.80. The predicted molar refractivity (Wildman–Crippen MR) is 40.3 cm³/mol. The lowest BCUT2D eigenvalue weighted by molar-refractivity contribution is 0.0540. The van der Waals surface area contributed by atoms with Gasteiger partial charge in [-0.2, -0.15) is 0 Å². The van der Waals surface area contributed by atoms with E-state index < -0.39 is 11.7 Å². The molecule has 2 nitrogen and oxygen atoms in total. The summed E-state index contributed by atoms with van der Waals surface area (Å²) >= 11 is 0. The number of aliphatic hydroxyl groups is 1. The second-order valence-corrected chi connectivity index (χ2v) is 3.52.